The molecule has 1 aliphatic heterocycles. The molecule has 2 aromatic rings. The third-order valence-corrected chi connectivity index (χ3v) is 6.15. The molecule has 1 amide bonds. The van der Waals surface area contributed by atoms with E-state index in [2.05, 4.69) is 41.4 Å². The highest BCUT2D eigenvalue weighted by Crippen LogP contribution is 2.22. The summed E-state index contributed by atoms with van der Waals surface area (Å²) in [5.74, 6) is 0.616. The molecule has 3 rings (SSSR count). The molecule has 5 heteroatoms. The van der Waals surface area contributed by atoms with E-state index in [1.54, 1.807) is 11.8 Å². The third kappa shape index (κ3) is 5.76. The van der Waals surface area contributed by atoms with Crippen molar-refractivity contribution in [3.8, 4) is 0 Å². The van der Waals surface area contributed by atoms with E-state index < -0.39 is 0 Å². The first-order chi connectivity index (χ1) is 12.6. The fourth-order valence-electron chi connectivity index (χ4n) is 3.21. The monoisotopic (exact) mass is 388 g/mol. The largest absolute Gasteiger partial charge is 0.353 e. The molecule has 1 heterocycles. The molecule has 1 fully saturated rings. The number of hydrogen-bond donors (Lipinski definition) is 1. The van der Waals surface area contributed by atoms with Crippen LogP contribution in [-0.2, 0) is 11.3 Å². The van der Waals surface area contributed by atoms with Gasteiger partial charge in [-0.25, -0.2) is 0 Å². The van der Waals surface area contributed by atoms with E-state index in [-0.39, 0.29) is 5.91 Å². The smallest absolute Gasteiger partial charge is 0.230 e. The summed E-state index contributed by atoms with van der Waals surface area (Å²) in [6.45, 7) is 5.05. The number of thioether (sulfide) groups is 1. The number of aryl methyl sites for hydroxylation is 1. The van der Waals surface area contributed by atoms with Crippen molar-refractivity contribution in [1.82, 2.24) is 10.2 Å². The zero-order valence-electron chi connectivity index (χ0n) is 15.1. The number of hydrogen-bond acceptors (Lipinski definition) is 3. The Morgan fingerprint density at radius 3 is 2.54 bits per heavy atom. The van der Waals surface area contributed by atoms with Crippen LogP contribution in [0.25, 0.3) is 0 Å². The molecule has 0 radical (unpaired) electrons. The van der Waals surface area contributed by atoms with Gasteiger partial charge >= 0.3 is 0 Å². The highest BCUT2D eigenvalue weighted by atomic mass is 35.5. The van der Waals surface area contributed by atoms with Gasteiger partial charge < -0.3 is 5.32 Å². The minimum atomic E-state index is 0.134. The minimum absolute atomic E-state index is 0.134. The number of benzene rings is 2. The molecule has 0 saturated carbocycles. The summed E-state index contributed by atoms with van der Waals surface area (Å²) in [6, 6.07) is 16.5. The highest BCUT2D eigenvalue weighted by molar-refractivity contribution is 8.00. The van der Waals surface area contributed by atoms with Crippen LogP contribution in [0.4, 0.5) is 0 Å². The molecule has 0 spiro atoms. The Kier molecular flexibility index (Phi) is 7.00. The van der Waals surface area contributed by atoms with Gasteiger partial charge in [0.15, 0.2) is 0 Å². The summed E-state index contributed by atoms with van der Waals surface area (Å²) in [5, 5.41) is 3.97. The molecule has 0 aliphatic carbocycles. The van der Waals surface area contributed by atoms with Crippen LogP contribution >= 0.6 is 23.4 Å². The molecule has 1 N–H and O–H groups in total. The summed E-state index contributed by atoms with van der Waals surface area (Å²) in [4.78, 5) is 15.9. The average Bonchev–Trinajstić information content (AvgIpc) is 2.64. The molecule has 0 atom stereocenters. The number of carbonyl (C=O) groups is 1. The van der Waals surface area contributed by atoms with E-state index in [1.165, 1.54) is 16.0 Å². The second-order valence-corrected chi connectivity index (χ2v) is 8.25. The van der Waals surface area contributed by atoms with Crippen LogP contribution in [0.5, 0.6) is 0 Å². The number of halogens is 1. The van der Waals surface area contributed by atoms with Gasteiger partial charge in [0, 0.05) is 35.6 Å². The van der Waals surface area contributed by atoms with Crippen molar-refractivity contribution in [3.05, 3.63) is 64.7 Å². The Morgan fingerprint density at radius 1 is 1.15 bits per heavy atom. The Hall–Kier alpha value is -1.49. The summed E-state index contributed by atoms with van der Waals surface area (Å²) in [6.07, 6.45) is 2.02. The van der Waals surface area contributed by atoms with Crippen LogP contribution in [0, 0.1) is 6.92 Å². The van der Waals surface area contributed by atoms with E-state index in [0.717, 1.165) is 37.5 Å². The SMILES string of the molecule is Cc1ccccc1SCC(=O)NC1CCN(Cc2ccc(Cl)cc2)CC1. The molecule has 138 valence electrons. The van der Waals surface area contributed by atoms with Crippen LogP contribution < -0.4 is 5.32 Å². The zero-order valence-corrected chi connectivity index (χ0v) is 16.7. The van der Waals surface area contributed by atoms with Crippen molar-refractivity contribution in [3.63, 3.8) is 0 Å². The number of rotatable bonds is 6. The zero-order chi connectivity index (χ0) is 18.4. The van der Waals surface area contributed by atoms with E-state index in [4.69, 9.17) is 11.6 Å². The summed E-state index contributed by atoms with van der Waals surface area (Å²) in [7, 11) is 0. The topological polar surface area (TPSA) is 32.3 Å². The fraction of sp³-hybridized carbons (Fsp3) is 0.381. The first kappa shape index (κ1) is 19.3. The van der Waals surface area contributed by atoms with Gasteiger partial charge in [-0.15, -0.1) is 11.8 Å². The predicted octanol–water partition coefficient (Wildman–Crippen LogP) is 4.52. The van der Waals surface area contributed by atoms with Gasteiger partial charge in [0.25, 0.3) is 0 Å². The maximum atomic E-state index is 12.2. The maximum absolute atomic E-state index is 12.2. The normalized spacial score (nSPS) is 15.8. The van der Waals surface area contributed by atoms with Gasteiger partial charge in [0.1, 0.15) is 0 Å². The lowest BCUT2D eigenvalue weighted by atomic mass is 10.0. The van der Waals surface area contributed by atoms with Gasteiger partial charge in [0.05, 0.1) is 5.75 Å². The van der Waals surface area contributed by atoms with Crippen molar-refractivity contribution in [2.24, 2.45) is 0 Å². The number of nitrogens with one attached hydrogen (secondary N) is 1. The molecular formula is C21H25ClN2OS. The quantitative estimate of drug-likeness (QED) is 0.738. The summed E-state index contributed by atoms with van der Waals surface area (Å²) in [5.41, 5.74) is 2.51. The third-order valence-electron chi connectivity index (χ3n) is 4.72. The van der Waals surface area contributed by atoms with Crippen molar-refractivity contribution < 1.29 is 4.79 Å². The molecule has 0 unspecified atom stereocenters. The first-order valence-corrected chi connectivity index (χ1v) is 10.4. The second-order valence-electron chi connectivity index (χ2n) is 6.80. The summed E-state index contributed by atoms with van der Waals surface area (Å²) >= 11 is 7.55. The lowest BCUT2D eigenvalue weighted by Crippen LogP contribution is -2.44. The van der Waals surface area contributed by atoms with Crippen molar-refractivity contribution in [1.29, 1.82) is 0 Å². The van der Waals surface area contributed by atoms with Crippen LogP contribution in [0.15, 0.2) is 53.4 Å². The first-order valence-electron chi connectivity index (χ1n) is 9.05. The second kappa shape index (κ2) is 9.45. The van der Waals surface area contributed by atoms with Crippen molar-refractivity contribution >= 4 is 29.3 Å². The number of piperidine rings is 1. The average molecular weight is 389 g/mol. The Bertz CT molecular complexity index is 727. The molecule has 1 aliphatic rings. The lowest BCUT2D eigenvalue weighted by molar-refractivity contribution is -0.119. The van der Waals surface area contributed by atoms with Crippen LogP contribution in [0.1, 0.15) is 24.0 Å². The number of amides is 1. The maximum Gasteiger partial charge on any atom is 0.230 e. The Labute approximate surface area is 165 Å². The number of likely N-dealkylation sites (tertiary alicyclic amines) is 1. The van der Waals surface area contributed by atoms with Crippen LogP contribution in [0.2, 0.25) is 5.02 Å². The van der Waals surface area contributed by atoms with E-state index in [1.807, 2.05) is 24.3 Å². The molecule has 2 aromatic carbocycles. The van der Waals surface area contributed by atoms with Crippen molar-refractivity contribution in [2.75, 3.05) is 18.8 Å². The standard InChI is InChI=1S/C21H25ClN2OS/c1-16-4-2-3-5-20(16)26-15-21(25)23-19-10-12-24(13-11-19)14-17-6-8-18(22)9-7-17/h2-9,19H,10-15H2,1H3,(H,23,25). The van der Waals surface area contributed by atoms with Crippen LogP contribution in [0.3, 0.4) is 0 Å². The van der Waals surface area contributed by atoms with Gasteiger partial charge in [-0.1, -0.05) is 41.9 Å². The van der Waals surface area contributed by atoms with Crippen LogP contribution in [-0.4, -0.2) is 35.7 Å². The fourth-order valence-corrected chi connectivity index (χ4v) is 4.18. The van der Waals surface area contributed by atoms with E-state index in [0.29, 0.717) is 11.8 Å². The Morgan fingerprint density at radius 2 is 1.85 bits per heavy atom. The van der Waals surface area contributed by atoms with Crippen molar-refractivity contribution in [2.45, 2.75) is 37.2 Å². The van der Waals surface area contributed by atoms with Gasteiger partial charge in [-0.2, -0.15) is 0 Å². The predicted molar refractivity (Wildman–Crippen MR) is 110 cm³/mol. The molecule has 1 saturated heterocycles. The lowest BCUT2D eigenvalue weighted by Gasteiger charge is -2.32. The van der Waals surface area contributed by atoms with E-state index >= 15 is 0 Å². The minimum Gasteiger partial charge on any atom is -0.353 e. The number of carbonyl (C=O) groups excluding carboxylic acids is 1. The molecular weight excluding hydrogens is 364 g/mol. The van der Waals surface area contributed by atoms with Gasteiger partial charge in [-0.05, 0) is 49.1 Å². The van der Waals surface area contributed by atoms with Gasteiger partial charge in [-0.3, -0.25) is 9.69 Å². The number of nitrogens with zero attached hydrogens (tertiary/aromatic N) is 1. The molecule has 0 bridgehead atoms. The Balaban J connectivity index is 1.38. The molecule has 3 nitrogen and oxygen atoms in total. The van der Waals surface area contributed by atoms with E-state index in [9.17, 15) is 4.79 Å². The highest BCUT2D eigenvalue weighted by Gasteiger charge is 2.20. The van der Waals surface area contributed by atoms with Gasteiger partial charge in [0.2, 0.25) is 5.91 Å². The summed E-state index contributed by atoms with van der Waals surface area (Å²) < 4.78 is 0. The molecule has 0 aromatic heterocycles. The molecule has 26 heavy (non-hydrogen) atoms.